The predicted molar refractivity (Wildman–Crippen MR) is 60.2 cm³/mol. The van der Waals surface area contributed by atoms with Gasteiger partial charge in [0.25, 0.3) is 0 Å². The summed E-state index contributed by atoms with van der Waals surface area (Å²) < 4.78 is 0. The van der Waals surface area contributed by atoms with Crippen LogP contribution in [-0.2, 0) is 0 Å². The molecule has 0 radical (unpaired) electrons. The number of ketones is 1. The van der Waals surface area contributed by atoms with Crippen LogP contribution in [0.3, 0.4) is 0 Å². The number of carbonyl (C=O) groups excluding carboxylic acids is 1. The maximum Gasteiger partial charge on any atom is 0.197 e. The maximum absolute atomic E-state index is 12.1. The Hall–Kier alpha value is -1.19. The Balaban J connectivity index is 2.26. The van der Waals surface area contributed by atoms with E-state index in [-0.39, 0.29) is 5.78 Å². The summed E-state index contributed by atoms with van der Waals surface area (Å²) in [5, 5.41) is 20.1. The lowest BCUT2D eigenvalue weighted by Crippen LogP contribution is -2.51. The lowest BCUT2D eigenvalue weighted by molar-refractivity contribution is -0.0728. The predicted octanol–water partition coefficient (Wildman–Crippen LogP) is 1.54. The van der Waals surface area contributed by atoms with Crippen LogP contribution in [0.5, 0.6) is 0 Å². The number of Topliss-reactive ketones (excluding diaryl/α,β-unsaturated/α-hetero) is 1. The van der Waals surface area contributed by atoms with Crippen LogP contribution in [0, 0.1) is 0 Å². The highest BCUT2D eigenvalue weighted by atomic mass is 16.3. The van der Waals surface area contributed by atoms with Crippen LogP contribution in [0.2, 0.25) is 0 Å². The van der Waals surface area contributed by atoms with Gasteiger partial charge in [0, 0.05) is 5.56 Å². The highest BCUT2D eigenvalue weighted by Gasteiger charge is 2.44. The highest BCUT2D eigenvalue weighted by molar-refractivity contribution is 6.02. The molecule has 1 aromatic rings. The summed E-state index contributed by atoms with van der Waals surface area (Å²) in [5.41, 5.74) is -1.12. The number of benzene rings is 1. The minimum absolute atomic E-state index is 0.349. The van der Waals surface area contributed by atoms with Gasteiger partial charge in [-0.2, -0.15) is 0 Å². The van der Waals surface area contributed by atoms with E-state index < -0.39 is 11.7 Å². The van der Waals surface area contributed by atoms with Gasteiger partial charge >= 0.3 is 0 Å². The minimum atomic E-state index is -1.58. The van der Waals surface area contributed by atoms with E-state index in [0.717, 1.165) is 12.8 Å². The molecule has 1 aromatic carbocycles. The Labute approximate surface area is 94.7 Å². The molecule has 0 aromatic heterocycles. The van der Waals surface area contributed by atoms with E-state index in [4.69, 9.17) is 0 Å². The average Bonchev–Trinajstić information content (AvgIpc) is 2.33. The fourth-order valence-corrected chi connectivity index (χ4v) is 2.24. The molecule has 1 aliphatic rings. The van der Waals surface area contributed by atoms with Crippen LogP contribution in [0.25, 0.3) is 0 Å². The number of hydrogen-bond donors (Lipinski definition) is 2. The standard InChI is InChI=1S/C13H16O3/c14-11-8-4-5-9-13(11,16)12(15)10-6-2-1-3-7-10/h1-3,6-7,11,14,16H,4-5,8-9H2. The van der Waals surface area contributed by atoms with E-state index in [1.165, 1.54) is 0 Å². The second-order valence-corrected chi connectivity index (χ2v) is 4.38. The van der Waals surface area contributed by atoms with Crippen LogP contribution in [0.4, 0.5) is 0 Å². The summed E-state index contributed by atoms with van der Waals surface area (Å²) in [5.74, 6) is -0.361. The van der Waals surface area contributed by atoms with Crippen molar-refractivity contribution in [2.45, 2.75) is 37.4 Å². The highest BCUT2D eigenvalue weighted by Crippen LogP contribution is 2.31. The Morgan fingerprint density at radius 1 is 1.25 bits per heavy atom. The van der Waals surface area contributed by atoms with E-state index in [2.05, 4.69) is 0 Å². The third kappa shape index (κ3) is 1.88. The largest absolute Gasteiger partial charge is 0.390 e. The van der Waals surface area contributed by atoms with Crippen molar-refractivity contribution in [1.82, 2.24) is 0 Å². The van der Waals surface area contributed by atoms with Crippen LogP contribution >= 0.6 is 0 Å². The molecule has 86 valence electrons. The smallest absolute Gasteiger partial charge is 0.197 e. The van der Waals surface area contributed by atoms with Crippen molar-refractivity contribution in [3.8, 4) is 0 Å². The molecule has 0 aliphatic heterocycles. The number of aliphatic hydroxyl groups excluding tert-OH is 1. The zero-order valence-corrected chi connectivity index (χ0v) is 9.10. The molecular formula is C13H16O3. The molecule has 0 amide bonds. The van der Waals surface area contributed by atoms with Gasteiger partial charge in [0.05, 0.1) is 6.10 Å². The molecule has 1 fully saturated rings. The molecule has 1 saturated carbocycles. The van der Waals surface area contributed by atoms with Gasteiger partial charge in [-0.25, -0.2) is 0 Å². The Kier molecular flexibility index (Phi) is 3.08. The van der Waals surface area contributed by atoms with E-state index in [1.807, 2.05) is 6.07 Å². The first-order chi connectivity index (χ1) is 7.64. The van der Waals surface area contributed by atoms with Gasteiger partial charge in [-0.15, -0.1) is 0 Å². The van der Waals surface area contributed by atoms with Crippen molar-refractivity contribution in [2.75, 3.05) is 0 Å². The van der Waals surface area contributed by atoms with Gasteiger partial charge < -0.3 is 10.2 Å². The molecule has 0 heterocycles. The summed E-state index contributed by atoms with van der Waals surface area (Å²) in [7, 11) is 0. The van der Waals surface area contributed by atoms with E-state index in [0.29, 0.717) is 18.4 Å². The summed E-state index contributed by atoms with van der Waals surface area (Å²) in [6.45, 7) is 0. The molecule has 2 atom stereocenters. The van der Waals surface area contributed by atoms with Gasteiger partial charge in [0.15, 0.2) is 11.4 Å². The van der Waals surface area contributed by atoms with Crippen LogP contribution in [-0.4, -0.2) is 27.7 Å². The van der Waals surface area contributed by atoms with E-state index in [9.17, 15) is 15.0 Å². The van der Waals surface area contributed by atoms with Crippen molar-refractivity contribution < 1.29 is 15.0 Å². The summed E-state index contributed by atoms with van der Waals surface area (Å²) >= 11 is 0. The topological polar surface area (TPSA) is 57.5 Å². The third-order valence-electron chi connectivity index (χ3n) is 3.27. The van der Waals surface area contributed by atoms with Gasteiger partial charge in [0.1, 0.15) is 0 Å². The molecule has 2 rings (SSSR count). The molecule has 0 bridgehead atoms. The summed E-state index contributed by atoms with van der Waals surface area (Å²) in [4.78, 5) is 12.1. The lowest BCUT2D eigenvalue weighted by Gasteiger charge is -2.35. The van der Waals surface area contributed by atoms with Crippen LogP contribution < -0.4 is 0 Å². The quantitative estimate of drug-likeness (QED) is 0.743. The first-order valence-electron chi connectivity index (χ1n) is 5.65. The van der Waals surface area contributed by atoms with Crippen molar-refractivity contribution in [3.63, 3.8) is 0 Å². The zero-order valence-electron chi connectivity index (χ0n) is 9.10. The van der Waals surface area contributed by atoms with Gasteiger partial charge in [-0.1, -0.05) is 36.8 Å². The molecule has 3 nitrogen and oxygen atoms in total. The maximum atomic E-state index is 12.1. The van der Waals surface area contributed by atoms with Crippen molar-refractivity contribution in [1.29, 1.82) is 0 Å². The molecule has 1 aliphatic carbocycles. The van der Waals surface area contributed by atoms with E-state index >= 15 is 0 Å². The minimum Gasteiger partial charge on any atom is -0.390 e. The second kappa shape index (κ2) is 4.36. The Bertz CT molecular complexity index is 374. The number of hydrogen-bond acceptors (Lipinski definition) is 3. The molecule has 16 heavy (non-hydrogen) atoms. The first kappa shape index (κ1) is 11.3. The van der Waals surface area contributed by atoms with Crippen molar-refractivity contribution in [2.24, 2.45) is 0 Å². The average molecular weight is 220 g/mol. The third-order valence-corrected chi connectivity index (χ3v) is 3.27. The lowest BCUT2D eigenvalue weighted by atomic mass is 9.77. The molecule has 3 heteroatoms. The molecule has 0 saturated heterocycles. The Morgan fingerprint density at radius 2 is 1.94 bits per heavy atom. The first-order valence-corrected chi connectivity index (χ1v) is 5.65. The zero-order chi connectivity index (χ0) is 11.6. The SMILES string of the molecule is O=C(c1ccccc1)C1(O)CCCCC1O. The van der Waals surface area contributed by atoms with Gasteiger partial charge in [-0.3, -0.25) is 4.79 Å². The van der Waals surface area contributed by atoms with Crippen LogP contribution in [0.15, 0.2) is 30.3 Å². The molecule has 0 spiro atoms. The second-order valence-electron chi connectivity index (χ2n) is 4.38. The monoisotopic (exact) mass is 220 g/mol. The molecule has 2 N–H and O–H groups in total. The van der Waals surface area contributed by atoms with Crippen molar-refractivity contribution in [3.05, 3.63) is 35.9 Å². The van der Waals surface area contributed by atoms with Crippen LogP contribution in [0.1, 0.15) is 36.0 Å². The van der Waals surface area contributed by atoms with Crippen molar-refractivity contribution >= 4 is 5.78 Å². The van der Waals surface area contributed by atoms with Gasteiger partial charge in [-0.05, 0) is 19.3 Å². The number of rotatable bonds is 2. The fraction of sp³-hybridized carbons (Fsp3) is 0.462. The normalized spacial score (nSPS) is 30.0. The Morgan fingerprint density at radius 3 is 2.56 bits per heavy atom. The fourth-order valence-electron chi connectivity index (χ4n) is 2.24. The summed E-state index contributed by atoms with van der Waals surface area (Å²) in [6, 6.07) is 8.67. The van der Waals surface area contributed by atoms with E-state index in [1.54, 1.807) is 24.3 Å². The summed E-state index contributed by atoms with van der Waals surface area (Å²) in [6.07, 6.45) is 1.56. The van der Waals surface area contributed by atoms with Gasteiger partial charge in [0.2, 0.25) is 0 Å². The molecular weight excluding hydrogens is 204 g/mol. The molecule has 2 unspecified atom stereocenters. The number of aliphatic hydroxyl groups is 2. The number of carbonyl (C=O) groups is 1.